The summed E-state index contributed by atoms with van der Waals surface area (Å²) in [4.78, 5) is 15.6. The number of furan rings is 1. The van der Waals surface area contributed by atoms with Crippen LogP contribution in [0.5, 0.6) is 0 Å². The van der Waals surface area contributed by atoms with Gasteiger partial charge in [0.15, 0.2) is 0 Å². The first kappa shape index (κ1) is 31.2. The number of nitrogens with zero attached hydrogens (tertiary/aromatic N) is 1. The molecule has 5 rings (SSSR count). The Morgan fingerprint density at radius 3 is 2.30 bits per heavy atom. The van der Waals surface area contributed by atoms with Gasteiger partial charge in [-0.25, -0.2) is 17.6 Å². The van der Waals surface area contributed by atoms with Crippen molar-refractivity contribution in [2.24, 2.45) is 0 Å². The minimum Gasteiger partial charge on any atom is -0.464 e. The molecule has 1 amide bonds. The maximum absolute atomic E-state index is 14.5. The minimum atomic E-state index is -1.29. The van der Waals surface area contributed by atoms with Gasteiger partial charge in [-0.05, 0) is 70.7 Å². The number of aliphatic hydroxyl groups is 2. The molecule has 2 heterocycles. The van der Waals surface area contributed by atoms with E-state index in [4.69, 9.17) is 4.42 Å². The molecule has 4 N–H and O–H groups in total. The molecule has 0 spiro atoms. The first-order valence-corrected chi connectivity index (χ1v) is 14.4. The van der Waals surface area contributed by atoms with Crippen molar-refractivity contribution in [3.05, 3.63) is 83.1 Å². The summed E-state index contributed by atoms with van der Waals surface area (Å²) < 4.78 is 61.2. The van der Waals surface area contributed by atoms with Crippen LogP contribution in [-0.4, -0.2) is 51.3 Å². The Balaban J connectivity index is 1.32. The summed E-state index contributed by atoms with van der Waals surface area (Å²) in [5.41, 5.74) is -2.26. The maximum Gasteiger partial charge on any atom is 0.222 e. The maximum atomic E-state index is 14.5. The van der Waals surface area contributed by atoms with Crippen LogP contribution in [0.15, 0.2) is 53.1 Å². The van der Waals surface area contributed by atoms with Crippen LogP contribution in [0.1, 0.15) is 70.2 Å². The summed E-state index contributed by atoms with van der Waals surface area (Å²) in [5.74, 6) is -3.32. The quantitative estimate of drug-likeness (QED) is 0.197. The highest BCUT2D eigenvalue weighted by Crippen LogP contribution is 2.38. The van der Waals surface area contributed by atoms with E-state index in [9.17, 15) is 32.6 Å². The Kier molecular flexibility index (Phi) is 8.47. The summed E-state index contributed by atoms with van der Waals surface area (Å²) in [5, 5.41) is 27.5. The molecule has 1 aliphatic heterocycles. The summed E-state index contributed by atoms with van der Waals surface area (Å²) in [7, 11) is 0. The van der Waals surface area contributed by atoms with Gasteiger partial charge in [0.1, 0.15) is 35.3 Å². The number of benzene rings is 2. The number of amides is 1. The molecule has 11 heteroatoms. The van der Waals surface area contributed by atoms with Crippen LogP contribution in [0, 0.1) is 23.3 Å². The highest BCUT2D eigenvalue weighted by molar-refractivity contribution is 5.78. The molecule has 232 valence electrons. The van der Waals surface area contributed by atoms with Crippen molar-refractivity contribution in [1.29, 1.82) is 0 Å². The van der Waals surface area contributed by atoms with Gasteiger partial charge in [0.2, 0.25) is 5.91 Å². The lowest BCUT2D eigenvalue weighted by atomic mass is 9.78. The largest absolute Gasteiger partial charge is 0.464 e. The van der Waals surface area contributed by atoms with E-state index in [0.29, 0.717) is 31.5 Å². The van der Waals surface area contributed by atoms with E-state index >= 15 is 0 Å². The third-order valence-electron chi connectivity index (χ3n) is 8.69. The predicted molar refractivity (Wildman–Crippen MR) is 151 cm³/mol. The normalized spacial score (nSPS) is 23.0. The molecule has 1 atom stereocenters. The summed E-state index contributed by atoms with van der Waals surface area (Å²) in [6, 6.07) is 7.95. The highest BCUT2D eigenvalue weighted by Gasteiger charge is 2.49. The van der Waals surface area contributed by atoms with Crippen LogP contribution in [0.25, 0.3) is 11.3 Å². The van der Waals surface area contributed by atoms with E-state index in [1.54, 1.807) is 13.8 Å². The van der Waals surface area contributed by atoms with E-state index < -0.39 is 52.1 Å². The molecule has 1 aromatic heterocycles. The Morgan fingerprint density at radius 2 is 1.67 bits per heavy atom. The first-order valence-electron chi connectivity index (χ1n) is 14.4. The number of aliphatic hydroxyl groups excluding tert-OH is 1. The Labute approximate surface area is 247 Å². The number of hydrogen-bond donors (Lipinski definition) is 4. The zero-order valence-electron chi connectivity index (χ0n) is 24.4. The molecule has 2 aliphatic rings. The van der Waals surface area contributed by atoms with Crippen LogP contribution in [-0.2, 0) is 10.3 Å². The van der Waals surface area contributed by atoms with Crippen LogP contribution in [0.4, 0.5) is 17.6 Å². The van der Waals surface area contributed by atoms with Gasteiger partial charge in [-0.15, -0.1) is 0 Å². The molecular weight excluding hydrogens is 566 g/mol. The molecule has 2 fully saturated rings. The SMILES string of the molecule is CC1(O)CCC(N2CC(CC(=O)NC(C)(C)c3ccc(F)cc3F)(NC(O)c3coc(-c4ccc(F)cc4F)c3)C2)CC1. The molecule has 3 aromatic rings. The summed E-state index contributed by atoms with van der Waals surface area (Å²) in [6.45, 7) is 5.92. The predicted octanol–water partition coefficient (Wildman–Crippen LogP) is 5.27. The fourth-order valence-corrected chi connectivity index (χ4v) is 6.30. The lowest BCUT2D eigenvalue weighted by Gasteiger charge is -2.55. The van der Waals surface area contributed by atoms with Crippen molar-refractivity contribution in [2.45, 2.75) is 81.8 Å². The van der Waals surface area contributed by atoms with E-state index in [1.165, 1.54) is 24.5 Å². The average Bonchev–Trinajstić information content (AvgIpc) is 3.36. The molecule has 0 bridgehead atoms. The second-order valence-electron chi connectivity index (χ2n) is 12.8. The van der Waals surface area contributed by atoms with Crippen LogP contribution < -0.4 is 10.6 Å². The van der Waals surface area contributed by atoms with Gasteiger partial charge < -0.3 is 19.9 Å². The number of carbonyl (C=O) groups excluding carboxylic acids is 1. The molecule has 1 aliphatic carbocycles. The number of halogens is 4. The van der Waals surface area contributed by atoms with Gasteiger partial charge in [0.25, 0.3) is 0 Å². The Bertz CT molecular complexity index is 1470. The van der Waals surface area contributed by atoms with Crippen molar-refractivity contribution in [3.63, 3.8) is 0 Å². The third-order valence-corrected chi connectivity index (χ3v) is 8.69. The highest BCUT2D eigenvalue weighted by atomic mass is 19.1. The van der Waals surface area contributed by atoms with Crippen LogP contribution >= 0.6 is 0 Å². The topological polar surface area (TPSA) is 98.0 Å². The molecule has 7 nitrogen and oxygen atoms in total. The number of likely N-dealkylation sites (tertiary alicyclic amines) is 1. The summed E-state index contributed by atoms with van der Waals surface area (Å²) in [6.07, 6.45) is 2.83. The van der Waals surface area contributed by atoms with Gasteiger partial charge in [0, 0.05) is 48.8 Å². The van der Waals surface area contributed by atoms with Crippen molar-refractivity contribution in [1.82, 2.24) is 15.5 Å². The van der Waals surface area contributed by atoms with E-state index in [0.717, 1.165) is 37.1 Å². The molecule has 1 saturated heterocycles. The van der Waals surface area contributed by atoms with Gasteiger partial charge >= 0.3 is 0 Å². The number of nitrogens with one attached hydrogen (secondary N) is 2. The average molecular weight is 604 g/mol. The Hall–Kier alpha value is -3.25. The lowest BCUT2D eigenvalue weighted by Crippen LogP contribution is -2.73. The van der Waals surface area contributed by atoms with Crippen LogP contribution in [0.2, 0.25) is 0 Å². The molecule has 1 saturated carbocycles. The minimum absolute atomic E-state index is 0.0344. The fourth-order valence-electron chi connectivity index (χ4n) is 6.30. The third kappa shape index (κ3) is 6.95. The van der Waals surface area contributed by atoms with Crippen molar-refractivity contribution in [2.75, 3.05) is 13.1 Å². The van der Waals surface area contributed by atoms with Gasteiger partial charge in [0.05, 0.1) is 28.5 Å². The van der Waals surface area contributed by atoms with Crippen molar-refractivity contribution < 1.29 is 37.0 Å². The van der Waals surface area contributed by atoms with E-state index in [2.05, 4.69) is 15.5 Å². The molecular formula is C32H37F4N3O4. The Morgan fingerprint density at radius 1 is 1.05 bits per heavy atom. The first-order chi connectivity index (χ1) is 20.2. The van der Waals surface area contributed by atoms with Crippen molar-refractivity contribution in [3.8, 4) is 11.3 Å². The van der Waals surface area contributed by atoms with Gasteiger partial charge in [-0.3, -0.25) is 15.0 Å². The zero-order chi connectivity index (χ0) is 31.2. The lowest BCUT2D eigenvalue weighted by molar-refractivity contribution is -0.129. The van der Waals surface area contributed by atoms with Gasteiger partial charge in [-0.2, -0.15) is 0 Å². The second kappa shape index (κ2) is 11.7. The number of hydrogen-bond acceptors (Lipinski definition) is 6. The molecule has 1 unspecified atom stereocenters. The van der Waals surface area contributed by atoms with Gasteiger partial charge in [-0.1, -0.05) is 6.07 Å². The monoisotopic (exact) mass is 603 g/mol. The molecule has 0 radical (unpaired) electrons. The molecule has 2 aromatic carbocycles. The standard InChI is InChI=1S/C32H37F4N3O4/c1-30(2,24-7-5-21(34)14-26(24)36)37-28(40)15-32(17-39(18-32)22-8-10-31(3,42)11-9-22)38-29(41)19-12-27(43-16-19)23-6-4-20(33)13-25(23)35/h4-7,12-14,16,22,29,38,41-42H,8-11,15,17-18H2,1-3H3,(H,37,40). The van der Waals surface area contributed by atoms with E-state index in [-0.39, 0.29) is 29.3 Å². The number of carbonyl (C=O) groups is 1. The van der Waals surface area contributed by atoms with Crippen LogP contribution in [0.3, 0.4) is 0 Å². The second-order valence-corrected chi connectivity index (χ2v) is 12.8. The number of rotatable bonds is 9. The fraction of sp³-hybridized carbons (Fsp3) is 0.469. The zero-order valence-corrected chi connectivity index (χ0v) is 24.4. The summed E-state index contributed by atoms with van der Waals surface area (Å²) >= 11 is 0. The smallest absolute Gasteiger partial charge is 0.222 e. The molecule has 43 heavy (non-hydrogen) atoms. The van der Waals surface area contributed by atoms with E-state index in [1.807, 2.05) is 6.92 Å². The van der Waals surface area contributed by atoms with Crippen molar-refractivity contribution >= 4 is 5.91 Å².